The predicted molar refractivity (Wildman–Crippen MR) is 298 cm³/mol. The molecule has 0 radical (unpaired) electrons. The Labute approximate surface area is 466 Å². The number of fused-ring (bicyclic) bond motifs is 6. The van der Waals surface area contributed by atoms with Crippen LogP contribution in [0.25, 0.3) is 21.5 Å². The smallest absolute Gasteiger partial charge is 0.303 e. The lowest BCUT2D eigenvalue weighted by Gasteiger charge is -2.35. The zero-order chi connectivity index (χ0) is 59.1. The summed E-state index contributed by atoms with van der Waals surface area (Å²) in [5.41, 5.74) is 0.278. The van der Waals surface area contributed by atoms with Gasteiger partial charge in [0, 0.05) is 85.6 Å². The fraction of sp³-hybridized carbons (Fsp3) is 0.442. The van der Waals surface area contributed by atoms with Gasteiger partial charge in [0.05, 0.1) is 48.0 Å². The molecule has 4 aromatic rings. The molecule has 4 aromatic carbocycles. The number of unbranched alkanes of at least 4 members (excludes halogenated alkanes) is 2. The highest BCUT2D eigenvalue weighted by atomic mass is 32.2. The third-order valence-electron chi connectivity index (χ3n) is 14.3. The van der Waals surface area contributed by atoms with E-state index in [9.17, 15) is 74.8 Å². The highest BCUT2D eigenvalue weighted by molar-refractivity contribution is 7.87. The van der Waals surface area contributed by atoms with Crippen LogP contribution < -0.4 is 9.80 Å². The van der Waals surface area contributed by atoms with Gasteiger partial charge in [-0.15, -0.1) is 0 Å². The maximum atomic E-state index is 12.8. The van der Waals surface area contributed by atoms with Crippen LogP contribution in [0.2, 0.25) is 0 Å². The molecule has 0 saturated carbocycles. The lowest BCUT2D eigenvalue weighted by atomic mass is 9.74. The third kappa shape index (κ3) is 15.1. The molecular weight excluding hydrogens is 1150 g/mol. The van der Waals surface area contributed by atoms with Crippen LogP contribution in [0.5, 0.6) is 0 Å². The molecule has 6 N–H and O–H groups in total. The molecule has 3 unspecified atom stereocenters. The second-order valence-corrected chi connectivity index (χ2v) is 26.8. The first-order valence-electron chi connectivity index (χ1n) is 25.1. The van der Waals surface area contributed by atoms with E-state index >= 15 is 0 Å². The highest BCUT2D eigenvalue weighted by Gasteiger charge is 2.48. The molecule has 6 rings (SSSR count). The lowest BCUT2D eigenvalue weighted by Crippen LogP contribution is -2.43. The van der Waals surface area contributed by atoms with Gasteiger partial charge in [0.1, 0.15) is 9.79 Å². The Hall–Kier alpha value is -5.18. The highest BCUT2D eigenvalue weighted by Crippen LogP contribution is 2.55. The van der Waals surface area contributed by atoms with Crippen LogP contribution in [-0.2, 0) is 85.2 Å². The molecule has 23 nitrogen and oxygen atoms in total. The molecule has 28 heteroatoms. The largest absolute Gasteiger partial charge is 0.481 e. The van der Waals surface area contributed by atoms with E-state index < -0.39 is 98.8 Å². The Morgan fingerprint density at radius 3 is 1.62 bits per heavy atom. The summed E-state index contributed by atoms with van der Waals surface area (Å²) < 4.78 is 199. The Morgan fingerprint density at radius 1 is 0.575 bits per heavy atom. The van der Waals surface area contributed by atoms with Gasteiger partial charge in [-0.2, -0.15) is 42.1 Å². The first kappa shape index (κ1) is 64.0. The molecule has 0 saturated heterocycles. The fourth-order valence-corrected chi connectivity index (χ4v) is 13.8. The van der Waals surface area contributed by atoms with Crippen molar-refractivity contribution in [2.45, 2.75) is 95.2 Å². The molecule has 2 aliphatic rings. The van der Waals surface area contributed by atoms with Crippen LogP contribution in [0.3, 0.4) is 0 Å². The van der Waals surface area contributed by atoms with Gasteiger partial charge in [0.25, 0.3) is 50.6 Å². The Kier molecular flexibility index (Phi) is 20.8. The zero-order valence-corrected chi connectivity index (χ0v) is 48.4. The van der Waals surface area contributed by atoms with Crippen molar-refractivity contribution in [3.8, 4) is 0 Å². The topological polar surface area (TPSA) is 353 Å². The summed E-state index contributed by atoms with van der Waals surface area (Å²) >= 11 is 0. The van der Waals surface area contributed by atoms with Gasteiger partial charge >= 0.3 is 5.97 Å². The molecule has 0 aromatic heterocycles. The number of hydrogen-bond acceptors (Lipinski definition) is 17. The minimum atomic E-state index is -5.09. The van der Waals surface area contributed by atoms with Crippen molar-refractivity contribution in [3.63, 3.8) is 0 Å². The van der Waals surface area contributed by atoms with Crippen molar-refractivity contribution in [1.29, 1.82) is 0 Å². The zero-order valence-electron chi connectivity index (χ0n) is 44.3. The normalized spacial score (nSPS) is 19.7. The Balaban J connectivity index is 1.48. The van der Waals surface area contributed by atoms with E-state index in [1.165, 1.54) is 26.4 Å². The fourth-order valence-electron chi connectivity index (χ4n) is 10.6. The second kappa shape index (κ2) is 25.9. The molecule has 440 valence electrons. The van der Waals surface area contributed by atoms with Gasteiger partial charge in [0.15, 0.2) is 0 Å². The molecule has 2 aliphatic heterocycles. The molecule has 2 heterocycles. The van der Waals surface area contributed by atoms with Crippen LogP contribution >= 0.6 is 0 Å². The Bertz CT molecular complexity index is 3680. The van der Waals surface area contributed by atoms with E-state index in [1.807, 2.05) is 23.6 Å². The minimum absolute atomic E-state index is 0.00589. The van der Waals surface area contributed by atoms with Crippen molar-refractivity contribution in [2.24, 2.45) is 0 Å². The first-order chi connectivity index (χ1) is 37.4. The Morgan fingerprint density at radius 2 is 1.10 bits per heavy atom. The van der Waals surface area contributed by atoms with Crippen molar-refractivity contribution >= 4 is 89.5 Å². The summed E-state index contributed by atoms with van der Waals surface area (Å²) in [4.78, 5) is 12.0. The number of rotatable bonds is 30. The molecule has 0 amide bonds. The number of methoxy groups -OCH3 is 2. The molecule has 80 heavy (non-hydrogen) atoms. The first-order valence-corrected chi connectivity index (χ1v) is 32.4. The van der Waals surface area contributed by atoms with Crippen LogP contribution in [0, 0.1) is 0 Å². The van der Waals surface area contributed by atoms with E-state index in [0.29, 0.717) is 66.1 Å². The number of nitrogens with zero attached hydrogens (tertiary/aromatic N) is 2. The van der Waals surface area contributed by atoms with Crippen molar-refractivity contribution in [2.75, 3.05) is 82.5 Å². The molecule has 0 aliphatic carbocycles. The summed E-state index contributed by atoms with van der Waals surface area (Å²) in [6, 6.07) is 8.86. The van der Waals surface area contributed by atoms with Gasteiger partial charge in [-0.3, -0.25) is 27.6 Å². The minimum Gasteiger partial charge on any atom is -0.481 e. The van der Waals surface area contributed by atoms with E-state index in [0.717, 1.165) is 12.1 Å². The van der Waals surface area contributed by atoms with Crippen LogP contribution in [-0.4, -0.2) is 155 Å². The van der Waals surface area contributed by atoms with Crippen molar-refractivity contribution in [3.05, 3.63) is 108 Å². The SMILES string of the molecule is COCCOCCC1(C)C(=CC=CC=CC=CC2N(CCCS(=O)(=O)O)c3ccc4c(S(=O)(=O)O)cc(S(=O)(=O)O)cc4c3C2(C)CCOCCOC)N(CCCCCC(=O)O)c2ccc3c(S(=O)(=O)O)cc(S(=O)(=O)O)cc3c21. The van der Waals surface area contributed by atoms with Crippen molar-refractivity contribution in [1.82, 2.24) is 0 Å². The van der Waals surface area contributed by atoms with Gasteiger partial charge in [-0.1, -0.05) is 61.9 Å². The number of carboxylic acids is 1. The number of aliphatic carboxylic acids is 1. The van der Waals surface area contributed by atoms with Crippen LogP contribution in [0.4, 0.5) is 11.4 Å². The summed E-state index contributed by atoms with van der Waals surface area (Å²) in [7, 11) is -21.6. The van der Waals surface area contributed by atoms with E-state index in [1.54, 1.807) is 54.7 Å². The summed E-state index contributed by atoms with van der Waals surface area (Å²) in [5.74, 6) is -1.58. The monoisotopic (exact) mass is 1210 g/mol. The quantitative estimate of drug-likeness (QED) is 0.0178. The number of carboxylic acid groups (broad SMARTS) is 1. The number of allylic oxidation sites excluding steroid dienone is 7. The van der Waals surface area contributed by atoms with Gasteiger partial charge in [-0.25, -0.2) is 0 Å². The third-order valence-corrected chi connectivity index (χ3v) is 18.5. The summed E-state index contributed by atoms with van der Waals surface area (Å²) in [5, 5.41) is 9.38. The molecule has 3 atom stereocenters. The van der Waals surface area contributed by atoms with Crippen LogP contribution in [0.15, 0.2) is 116 Å². The summed E-state index contributed by atoms with van der Waals surface area (Å²) in [6.45, 7) is 5.17. The molecule has 0 bridgehead atoms. The van der Waals surface area contributed by atoms with E-state index in [-0.39, 0.29) is 93.4 Å². The van der Waals surface area contributed by atoms with E-state index in [2.05, 4.69) is 0 Å². The van der Waals surface area contributed by atoms with Crippen LogP contribution in [0.1, 0.15) is 69.9 Å². The van der Waals surface area contributed by atoms with Gasteiger partial charge in [-0.05, 0) is 103 Å². The number of ether oxygens (including phenoxy) is 4. The average molecular weight is 1220 g/mol. The maximum Gasteiger partial charge on any atom is 0.303 e. The molecule has 0 fully saturated rings. The number of carbonyl (C=O) groups is 1. The van der Waals surface area contributed by atoms with E-state index in [4.69, 9.17) is 18.9 Å². The van der Waals surface area contributed by atoms with Gasteiger partial charge in [0.2, 0.25) is 0 Å². The number of benzene rings is 4. The lowest BCUT2D eigenvalue weighted by molar-refractivity contribution is -0.137. The average Bonchev–Trinajstić information content (AvgIpc) is 3.51. The molecule has 0 spiro atoms. The standard InChI is InChI=1S/C52H66N2O21S5/c1-51(21-25-74-29-27-72-3)46(53(23-12-8-11-16-48(55)56)42-19-17-38-40(49(42)51)32-36(77(60,61)62)34-44(38)79(66,67)68)14-9-6-5-7-10-15-47-52(2,22-26-75-30-28-73-4)50-41-33-37(78(63,64)65)35-45(80(69,70)71)39(41)18-20-43(50)54(47)24-13-31-76(57,58)59/h5-7,9-10,14-15,17-20,32-35,47H,8,11-13,16,21-31H2,1-4H3,(H,55,56)(H,57,58,59)(H,60,61,62)(H,63,64,65)(H,66,67,68)(H,69,70,71). The van der Waals surface area contributed by atoms with Crippen molar-refractivity contribution < 1.29 is 93.7 Å². The predicted octanol–water partition coefficient (Wildman–Crippen LogP) is 6.79. The maximum absolute atomic E-state index is 12.8. The molecular formula is C52H66N2O21S5. The van der Waals surface area contributed by atoms with Gasteiger partial charge < -0.3 is 33.9 Å². The number of anilines is 2. The summed E-state index contributed by atoms with van der Waals surface area (Å²) in [6.07, 6.45) is 13.8. The number of hydrogen-bond donors (Lipinski definition) is 6. The second-order valence-electron chi connectivity index (χ2n) is 19.7.